The first-order valence-corrected chi connectivity index (χ1v) is 12.5. The van der Waals surface area contributed by atoms with Gasteiger partial charge in [0.05, 0.1) is 12.2 Å². The molecule has 164 valence electrons. The first kappa shape index (κ1) is 19.7. The molecule has 3 heteroatoms. The van der Waals surface area contributed by atoms with Crippen molar-refractivity contribution in [3.63, 3.8) is 0 Å². The largest absolute Gasteiger partial charge is 0.349 e. The van der Waals surface area contributed by atoms with Crippen molar-refractivity contribution in [3.8, 4) is 0 Å². The minimum absolute atomic E-state index is 0.0557. The quantitative estimate of drug-likeness (QED) is 0.503. The van der Waals surface area contributed by atoms with Gasteiger partial charge in [-0.15, -0.1) is 0 Å². The van der Waals surface area contributed by atoms with Crippen LogP contribution in [0.1, 0.15) is 79.1 Å². The number of ether oxygens (including phenoxy) is 2. The van der Waals surface area contributed by atoms with E-state index in [1.54, 1.807) is 0 Å². The summed E-state index contributed by atoms with van der Waals surface area (Å²) in [6, 6.07) is 0. The highest BCUT2D eigenvalue weighted by atomic mass is 16.7. The van der Waals surface area contributed by atoms with Gasteiger partial charge in [0, 0.05) is 23.2 Å². The zero-order valence-electron chi connectivity index (χ0n) is 19.2. The number of carbonyl (C=O) groups is 1. The van der Waals surface area contributed by atoms with Gasteiger partial charge in [-0.3, -0.25) is 4.79 Å². The Morgan fingerprint density at radius 3 is 2.53 bits per heavy atom. The zero-order valence-corrected chi connectivity index (χ0v) is 19.2. The van der Waals surface area contributed by atoms with Crippen LogP contribution >= 0.6 is 0 Å². The lowest BCUT2D eigenvalue weighted by Gasteiger charge is -2.61. The second kappa shape index (κ2) is 6.10. The predicted octanol–water partition coefficient (Wildman–Crippen LogP) is 5.84. The summed E-state index contributed by atoms with van der Waals surface area (Å²) in [5.74, 6) is 3.30. The average Bonchev–Trinajstić information content (AvgIpc) is 3.25. The molecule has 0 aromatic heterocycles. The van der Waals surface area contributed by atoms with Crippen molar-refractivity contribution in [1.29, 1.82) is 0 Å². The molecule has 0 amide bonds. The molecule has 2 saturated heterocycles. The number of allylic oxidation sites excluding steroid dienone is 4. The van der Waals surface area contributed by atoms with Crippen LogP contribution in [0.15, 0.2) is 23.8 Å². The highest BCUT2D eigenvalue weighted by molar-refractivity contribution is 6.01. The Hall–Kier alpha value is -0.930. The van der Waals surface area contributed by atoms with E-state index in [1.165, 1.54) is 37.7 Å². The summed E-state index contributed by atoms with van der Waals surface area (Å²) < 4.78 is 13.4. The molecule has 3 saturated carbocycles. The molecule has 6 aliphatic rings. The zero-order chi connectivity index (χ0) is 20.9. The molecular weight excluding hydrogens is 372 g/mol. The number of carbonyl (C=O) groups excluding carboxylic acids is 1. The Morgan fingerprint density at radius 1 is 0.967 bits per heavy atom. The van der Waals surface area contributed by atoms with Crippen LogP contribution in [0.2, 0.25) is 0 Å². The highest BCUT2D eigenvalue weighted by Crippen LogP contribution is 2.70. The van der Waals surface area contributed by atoms with Crippen LogP contribution in [0.25, 0.3) is 0 Å². The summed E-state index contributed by atoms with van der Waals surface area (Å²) in [7, 11) is 0. The molecule has 3 nitrogen and oxygen atoms in total. The minimum Gasteiger partial charge on any atom is -0.349 e. The maximum Gasteiger partial charge on any atom is 0.178 e. The molecule has 0 aromatic rings. The fourth-order valence-corrected chi connectivity index (χ4v) is 9.24. The van der Waals surface area contributed by atoms with Gasteiger partial charge in [0.2, 0.25) is 0 Å². The molecule has 6 rings (SSSR count). The van der Waals surface area contributed by atoms with E-state index in [-0.39, 0.29) is 22.6 Å². The van der Waals surface area contributed by atoms with E-state index < -0.39 is 0 Å². The lowest BCUT2D eigenvalue weighted by molar-refractivity contribution is -0.329. The number of ketones is 1. The molecule has 4 aliphatic carbocycles. The SMILES string of the molecule is CC1C2CCC3C4CCC5=CC(=O)C=CC5(C)C4CCC32COC12CCC(C)(C)O2. The van der Waals surface area contributed by atoms with Crippen LogP contribution in [0.3, 0.4) is 0 Å². The second-order valence-electron chi connectivity index (χ2n) is 12.3. The predicted molar refractivity (Wildman–Crippen MR) is 117 cm³/mol. The normalized spacial score (nSPS) is 53.7. The smallest absolute Gasteiger partial charge is 0.178 e. The van der Waals surface area contributed by atoms with E-state index in [2.05, 4.69) is 33.8 Å². The van der Waals surface area contributed by atoms with Crippen LogP contribution in [0.4, 0.5) is 0 Å². The van der Waals surface area contributed by atoms with Crippen LogP contribution in [0.5, 0.6) is 0 Å². The lowest BCUT2D eigenvalue weighted by atomic mass is 9.46. The standard InChI is InChI=1S/C27H38O3/c1-17-21-7-8-23-20-6-5-18-15-19(28)9-11-25(18,4)22(20)10-12-26(21,23)16-29-27(17)14-13-24(2,3)30-27/h9,11,15,17,20-23H,5-8,10,12-14,16H2,1-4H3. The van der Waals surface area contributed by atoms with Crippen LogP contribution < -0.4 is 0 Å². The van der Waals surface area contributed by atoms with Gasteiger partial charge in [0.1, 0.15) is 0 Å². The summed E-state index contributed by atoms with van der Waals surface area (Å²) in [5.41, 5.74) is 1.79. The van der Waals surface area contributed by atoms with Crippen molar-refractivity contribution in [1.82, 2.24) is 0 Å². The summed E-state index contributed by atoms with van der Waals surface area (Å²) in [4.78, 5) is 12.0. The van der Waals surface area contributed by atoms with E-state index >= 15 is 0 Å². The average molecular weight is 411 g/mol. The Balaban J connectivity index is 1.30. The van der Waals surface area contributed by atoms with E-state index in [1.807, 2.05) is 12.2 Å². The van der Waals surface area contributed by atoms with Gasteiger partial charge in [0.15, 0.2) is 11.6 Å². The summed E-state index contributed by atoms with van der Waals surface area (Å²) in [5, 5.41) is 0. The third kappa shape index (κ3) is 2.43. The molecule has 0 radical (unpaired) electrons. The van der Waals surface area contributed by atoms with E-state index in [4.69, 9.17) is 9.47 Å². The van der Waals surface area contributed by atoms with Gasteiger partial charge in [-0.2, -0.15) is 0 Å². The summed E-state index contributed by atoms with van der Waals surface area (Å²) in [6.45, 7) is 10.2. The van der Waals surface area contributed by atoms with Crippen LogP contribution in [0, 0.1) is 40.4 Å². The molecule has 5 fully saturated rings. The topological polar surface area (TPSA) is 35.5 Å². The Bertz CT molecular complexity index is 839. The number of fused-ring (bicyclic) bond motifs is 4. The minimum atomic E-state index is -0.341. The van der Waals surface area contributed by atoms with E-state index in [0.717, 1.165) is 43.6 Å². The summed E-state index contributed by atoms with van der Waals surface area (Å²) in [6.07, 6.45) is 15.8. The molecule has 0 N–H and O–H groups in total. The van der Waals surface area contributed by atoms with Crippen molar-refractivity contribution < 1.29 is 14.3 Å². The monoisotopic (exact) mass is 410 g/mol. The summed E-state index contributed by atoms with van der Waals surface area (Å²) >= 11 is 0. The molecule has 2 heterocycles. The van der Waals surface area contributed by atoms with Gasteiger partial charge in [-0.25, -0.2) is 0 Å². The first-order chi connectivity index (χ1) is 14.2. The van der Waals surface area contributed by atoms with Gasteiger partial charge in [-0.05, 0) is 94.6 Å². The fourth-order valence-electron chi connectivity index (χ4n) is 9.24. The van der Waals surface area contributed by atoms with Crippen molar-refractivity contribution in [2.24, 2.45) is 40.4 Å². The maximum absolute atomic E-state index is 12.0. The molecule has 2 aliphatic heterocycles. The molecular formula is C27H38O3. The maximum atomic E-state index is 12.0. The van der Waals surface area contributed by atoms with Crippen LogP contribution in [-0.4, -0.2) is 23.8 Å². The number of hydrogen-bond donors (Lipinski definition) is 0. The fraction of sp³-hybridized carbons (Fsp3) is 0.815. The van der Waals surface area contributed by atoms with Gasteiger partial charge >= 0.3 is 0 Å². The highest BCUT2D eigenvalue weighted by Gasteiger charge is 2.67. The van der Waals surface area contributed by atoms with Crippen molar-refractivity contribution in [2.45, 2.75) is 90.4 Å². The Morgan fingerprint density at radius 2 is 1.77 bits per heavy atom. The third-order valence-corrected chi connectivity index (χ3v) is 10.7. The second-order valence-corrected chi connectivity index (χ2v) is 12.3. The lowest BCUT2D eigenvalue weighted by Crippen LogP contribution is -2.60. The third-order valence-electron chi connectivity index (χ3n) is 10.7. The van der Waals surface area contributed by atoms with Gasteiger partial charge in [-0.1, -0.05) is 25.5 Å². The van der Waals surface area contributed by atoms with Crippen molar-refractivity contribution >= 4 is 5.78 Å². The molecule has 2 spiro atoms. The molecule has 8 unspecified atom stereocenters. The molecule has 0 bridgehead atoms. The van der Waals surface area contributed by atoms with Crippen LogP contribution in [-0.2, 0) is 14.3 Å². The molecule has 30 heavy (non-hydrogen) atoms. The van der Waals surface area contributed by atoms with Crippen molar-refractivity contribution in [3.05, 3.63) is 23.8 Å². The number of rotatable bonds is 0. The number of hydrogen-bond acceptors (Lipinski definition) is 3. The first-order valence-electron chi connectivity index (χ1n) is 12.5. The Labute approximate surface area is 181 Å². The van der Waals surface area contributed by atoms with E-state index in [0.29, 0.717) is 17.3 Å². The van der Waals surface area contributed by atoms with E-state index in [9.17, 15) is 4.79 Å². The molecule has 0 aromatic carbocycles. The van der Waals surface area contributed by atoms with Gasteiger partial charge in [0.25, 0.3) is 0 Å². The molecule has 8 atom stereocenters. The Kier molecular flexibility index (Phi) is 4.01. The van der Waals surface area contributed by atoms with Gasteiger partial charge < -0.3 is 9.47 Å². The van der Waals surface area contributed by atoms with Crippen molar-refractivity contribution in [2.75, 3.05) is 6.61 Å².